The number of nitrogens with one attached hydrogen (secondary N) is 2. The van der Waals surface area contributed by atoms with Crippen LogP contribution in [0.1, 0.15) is 57.0 Å². The third kappa shape index (κ3) is 6.42. The van der Waals surface area contributed by atoms with Gasteiger partial charge in [0.1, 0.15) is 0 Å². The number of hydrogen-bond acceptors (Lipinski definition) is 6. The molecule has 0 radical (unpaired) electrons. The number of rotatable bonds is 9. The second kappa shape index (κ2) is 13.1. The maximum atomic E-state index is 13.8. The fourth-order valence-electron chi connectivity index (χ4n) is 6.52. The lowest BCUT2D eigenvalue weighted by molar-refractivity contribution is 0.0187. The zero-order chi connectivity index (χ0) is 32.5. The van der Waals surface area contributed by atoms with Gasteiger partial charge in [0.2, 0.25) is 0 Å². The number of nitrogens with zero attached hydrogens (tertiary/aromatic N) is 5. The predicted octanol–water partition coefficient (Wildman–Crippen LogP) is 4.79. The molecule has 1 atom stereocenters. The Labute approximate surface area is 269 Å². The highest BCUT2D eigenvalue weighted by Gasteiger charge is 2.26. The highest BCUT2D eigenvalue weighted by Crippen LogP contribution is 2.32. The van der Waals surface area contributed by atoms with Crippen molar-refractivity contribution in [1.29, 1.82) is 0 Å². The molecule has 6 rings (SSSR count). The molecule has 1 aliphatic rings. The van der Waals surface area contributed by atoms with Crippen LogP contribution in [0.25, 0.3) is 22.5 Å². The van der Waals surface area contributed by atoms with Gasteiger partial charge in [-0.2, -0.15) is 0 Å². The molecule has 5 heterocycles. The lowest BCUT2D eigenvalue weighted by Gasteiger charge is -2.34. The molecule has 1 aliphatic heterocycles. The lowest BCUT2D eigenvalue weighted by atomic mass is 10.0. The largest absolute Gasteiger partial charge is 0.379 e. The third-order valence-corrected chi connectivity index (χ3v) is 8.95. The molecule has 1 fully saturated rings. The zero-order valence-electron chi connectivity index (χ0n) is 27.6. The zero-order valence-corrected chi connectivity index (χ0v) is 27.6. The van der Waals surface area contributed by atoms with Gasteiger partial charge in [-0.3, -0.25) is 14.5 Å². The number of carbonyl (C=O) groups excluding carboxylic acids is 1. The van der Waals surface area contributed by atoms with E-state index in [1.165, 1.54) is 5.56 Å². The summed E-state index contributed by atoms with van der Waals surface area (Å²) >= 11 is 0. The van der Waals surface area contributed by atoms with Crippen LogP contribution in [0.15, 0.2) is 66.0 Å². The summed E-state index contributed by atoms with van der Waals surface area (Å²) < 4.78 is 9.87. The van der Waals surface area contributed by atoms with E-state index < -0.39 is 0 Å². The van der Waals surface area contributed by atoms with Gasteiger partial charge < -0.3 is 28.9 Å². The first-order valence-electron chi connectivity index (χ1n) is 15.8. The molecule has 0 spiro atoms. The number of ether oxygens (including phenoxy) is 1. The minimum absolute atomic E-state index is 0.0415. The average molecular weight is 622 g/mol. The van der Waals surface area contributed by atoms with Crippen LogP contribution in [0.5, 0.6) is 0 Å². The maximum absolute atomic E-state index is 13.8. The fraction of sp³-hybridized carbons (Fsp3) is 0.361. The standard InChI is InChI=1S/C36H43N7O3/c1-23-15-24(2)39-36(45)32(23)18-37-35(44)31-17-30-16-28(20-43(30)34(25(31)3)26(4)41-11-13-46-14-12-41)33-21-42(22-38-33)29-9-7-27(8-10-29)19-40(5)6/h7-10,15-17,20-22,26H,11-14,18-19H2,1-6H3,(H,37,44)(H,39,45). The number of fused-ring (bicyclic) bond motifs is 1. The molecule has 1 saturated heterocycles. The van der Waals surface area contributed by atoms with E-state index in [0.717, 1.165) is 64.6 Å². The lowest BCUT2D eigenvalue weighted by Crippen LogP contribution is -2.39. The molecule has 240 valence electrons. The number of pyridine rings is 2. The summed E-state index contributed by atoms with van der Waals surface area (Å²) in [6.07, 6.45) is 6.01. The van der Waals surface area contributed by atoms with Crippen molar-refractivity contribution >= 4 is 11.4 Å². The Kier molecular flexibility index (Phi) is 8.95. The summed E-state index contributed by atoms with van der Waals surface area (Å²) in [5, 5.41) is 3.02. The summed E-state index contributed by atoms with van der Waals surface area (Å²) in [5.41, 5.74) is 9.63. The smallest absolute Gasteiger partial charge is 0.253 e. The number of imidazole rings is 1. The number of aryl methyl sites for hydroxylation is 2. The predicted molar refractivity (Wildman–Crippen MR) is 181 cm³/mol. The number of amides is 1. The van der Waals surface area contributed by atoms with Gasteiger partial charge in [0.15, 0.2) is 0 Å². The molecule has 10 heteroatoms. The highest BCUT2D eigenvalue weighted by molar-refractivity contribution is 5.97. The number of carbonyl (C=O) groups is 1. The van der Waals surface area contributed by atoms with Crippen molar-refractivity contribution in [1.82, 2.24) is 34.1 Å². The van der Waals surface area contributed by atoms with Crippen LogP contribution < -0.4 is 10.9 Å². The maximum Gasteiger partial charge on any atom is 0.253 e. The Morgan fingerprint density at radius 1 is 1.07 bits per heavy atom. The Bertz CT molecular complexity index is 1930. The second-order valence-corrected chi connectivity index (χ2v) is 12.6. The van der Waals surface area contributed by atoms with Crippen LogP contribution in [-0.2, 0) is 17.8 Å². The minimum atomic E-state index is -0.209. The van der Waals surface area contributed by atoms with Gasteiger partial charge >= 0.3 is 0 Å². The van der Waals surface area contributed by atoms with Gasteiger partial charge in [0.05, 0.1) is 25.2 Å². The second-order valence-electron chi connectivity index (χ2n) is 12.6. The van der Waals surface area contributed by atoms with Gasteiger partial charge in [0.25, 0.3) is 11.5 Å². The van der Waals surface area contributed by atoms with Crippen molar-refractivity contribution in [2.24, 2.45) is 0 Å². The third-order valence-electron chi connectivity index (χ3n) is 8.95. The quantitative estimate of drug-likeness (QED) is 0.246. The van der Waals surface area contributed by atoms with Gasteiger partial charge in [-0.25, -0.2) is 4.98 Å². The first-order chi connectivity index (χ1) is 22.1. The van der Waals surface area contributed by atoms with E-state index in [9.17, 15) is 9.59 Å². The van der Waals surface area contributed by atoms with Crippen LogP contribution in [0, 0.1) is 20.8 Å². The molecule has 4 aromatic heterocycles. The number of aromatic nitrogens is 4. The number of H-pyrrole nitrogens is 1. The minimum Gasteiger partial charge on any atom is -0.379 e. The molecule has 5 aromatic rings. The van der Waals surface area contributed by atoms with Crippen LogP contribution in [-0.4, -0.2) is 75.0 Å². The van der Waals surface area contributed by atoms with E-state index >= 15 is 0 Å². The van der Waals surface area contributed by atoms with E-state index in [1.54, 1.807) is 0 Å². The summed E-state index contributed by atoms with van der Waals surface area (Å²) in [7, 11) is 4.13. The van der Waals surface area contributed by atoms with Gasteiger partial charge in [-0.1, -0.05) is 12.1 Å². The van der Waals surface area contributed by atoms with Crippen molar-refractivity contribution in [3.63, 3.8) is 0 Å². The molecule has 10 nitrogen and oxygen atoms in total. The van der Waals surface area contributed by atoms with Gasteiger partial charge in [-0.15, -0.1) is 0 Å². The van der Waals surface area contributed by atoms with Crippen LogP contribution in [0.2, 0.25) is 0 Å². The summed E-state index contributed by atoms with van der Waals surface area (Å²) in [6.45, 7) is 12.0. The van der Waals surface area contributed by atoms with Crippen molar-refractivity contribution < 1.29 is 9.53 Å². The van der Waals surface area contributed by atoms with E-state index in [0.29, 0.717) is 24.3 Å². The van der Waals surface area contributed by atoms with Crippen molar-refractivity contribution in [3.05, 3.63) is 111 Å². The number of aromatic amines is 1. The topological polar surface area (TPSA) is 99.9 Å². The Morgan fingerprint density at radius 3 is 2.50 bits per heavy atom. The molecule has 1 aromatic carbocycles. The molecule has 0 saturated carbocycles. The number of morpholine rings is 1. The van der Waals surface area contributed by atoms with Crippen LogP contribution in [0.3, 0.4) is 0 Å². The number of benzene rings is 1. The first kappa shape index (κ1) is 31.5. The van der Waals surface area contributed by atoms with Crippen molar-refractivity contribution in [2.45, 2.75) is 46.8 Å². The van der Waals surface area contributed by atoms with Crippen LogP contribution >= 0.6 is 0 Å². The molecule has 46 heavy (non-hydrogen) atoms. The van der Waals surface area contributed by atoms with E-state index in [-0.39, 0.29) is 24.1 Å². The van der Waals surface area contributed by atoms with Gasteiger partial charge in [-0.05, 0) is 88.8 Å². The summed E-state index contributed by atoms with van der Waals surface area (Å²) in [5.74, 6) is -0.209. The highest BCUT2D eigenvalue weighted by atomic mass is 16.5. The molecular formula is C36H43N7O3. The summed E-state index contributed by atoms with van der Waals surface area (Å²) in [6, 6.07) is 14.5. The number of hydrogen-bond donors (Lipinski definition) is 2. The van der Waals surface area contributed by atoms with Crippen LogP contribution in [0.4, 0.5) is 0 Å². The Balaban J connectivity index is 1.35. The van der Waals surface area contributed by atoms with E-state index in [4.69, 9.17) is 9.72 Å². The molecule has 1 amide bonds. The fourth-order valence-corrected chi connectivity index (χ4v) is 6.52. The molecule has 0 aliphatic carbocycles. The molecular weight excluding hydrogens is 578 g/mol. The molecule has 1 unspecified atom stereocenters. The first-order valence-corrected chi connectivity index (χ1v) is 15.8. The molecule has 0 bridgehead atoms. The monoisotopic (exact) mass is 621 g/mol. The van der Waals surface area contributed by atoms with Crippen molar-refractivity contribution in [2.75, 3.05) is 40.4 Å². The van der Waals surface area contributed by atoms with Gasteiger partial charge in [0, 0.05) is 83.9 Å². The molecule has 2 N–H and O–H groups in total. The van der Waals surface area contributed by atoms with Crippen molar-refractivity contribution in [3.8, 4) is 16.9 Å². The Hall–Kier alpha value is -4.51. The SMILES string of the molecule is Cc1cc(C)c(CNC(=O)c2cc3cc(-c4cn(-c5ccc(CN(C)C)cc5)cn4)cn3c(C(C)N3CCOCC3)c2C)c(=O)[nH]1. The summed E-state index contributed by atoms with van der Waals surface area (Å²) in [4.78, 5) is 38.5. The van der Waals surface area contributed by atoms with E-state index in [2.05, 4.69) is 82.0 Å². The normalized spacial score (nSPS) is 14.7. The van der Waals surface area contributed by atoms with E-state index in [1.807, 2.05) is 50.0 Å². The Morgan fingerprint density at radius 2 is 1.80 bits per heavy atom. The average Bonchev–Trinajstić information content (AvgIpc) is 3.68.